The molecule has 42 heavy (non-hydrogen) atoms. The normalized spacial score (nSPS) is 17.9. The molecule has 7 nitrogen and oxygen atoms in total. The quantitative estimate of drug-likeness (QED) is 0.486. The van der Waals surface area contributed by atoms with Gasteiger partial charge in [-0.2, -0.15) is 0 Å². The summed E-state index contributed by atoms with van der Waals surface area (Å²) in [6.45, 7) is 14.3. The molecule has 0 spiro atoms. The van der Waals surface area contributed by atoms with E-state index in [1.165, 1.54) is 0 Å². The van der Waals surface area contributed by atoms with Gasteiger partial charge in [-0.3, -0.25) is 0 Å². The summed E-state index contributed by atoms with van der Waals surface area (Å²) in [7, 11) is 0. The van der Waals surface area contributed by atoms with Gasteiger partial charge in [-0.1, -0.05) is 38.3 Å². The van der Waals surface area contributed by atoms with Crippen LogP contribution in [0.2, 0.25) is 0 Å². The first-order valence-electron chi connectivity index (χ1n) is 13.8. The minimum absolute atomic E-state index is 0. The van der Waals surface area contributed by atoms with Crippen LogP contribution in [0.15, 0.2) is 30.9 Å². The second-order valence-corrected chi connectivity index (χ2v) is 11.0. The molecule has 3 aliphatic heterocycles. The van der Waals surface area contributed by atoms with E-state index in [-0.39, 0.29) is 61.7 Å². The molecule has 0 radical (unpaired) electrons. The zero-order chi connectivity index (χ0) is 28.5. The summed E-state index contributed by atoms with van der Waals surface area (Å²) in [5.74, 6) is -1.28. The van der Waals surface area contributed by atoms with Crippen molar-refractivity contribution < 1.29 is 52.7 Å². The molecule has 4 aliphatic rings. The van der Waals surface area contributed by atoms with Gasteiger partial charge in [0, 0.05) is 45.8 Å². The molecule has 204 valence electrons. The molecule has 0 fully saturated rings. The third-order valence-electron chi connectivity index (χ3n) is 8.87. The number of aromatic nitrogens is 4. The number of H-pyrrole nitrogens is 2. The molecular weight excluding hydrogens is 514 g/mol. The summed E-state index contributed by atoms with van der Waals surface area (Å²) >= 11 is 0. The number of carboxylic acids is 1. The van der Waals surface area contributed by atoms with Crippen LogP contribution in [0.1, 0.15) is 110 Å². The largest absolute Gasteiger partial charge is 1.00 e. The molecule has 0 saturated carbocycles. The Morgan fingerprint density at radius 3 is 2.38 bits per heavy atom. The number of hydrogen-bond acceptors (Lipinski definition) is 5. The van der Waals surface area contributed by atoms with Gasteiger partial charge in [0.1, 0.15) is 0 Å². The molecule has 5 heterocycles. The Morgan fingerprint density at radius 1 is 1.02 bits per heavy atom. The number of nitrogens with zero attached hydrogens (tertiary/aromatic N) is 2. The van der Waals surface area contributed by atoms with E-state index in [0.717, 1.165) is 85.0 Å². The Kier molecular flexibility index (Phi) is 8.94. The summed E-state index contributed by atoms with van der Waals surface area (Å²) in [5.41, 5.74) is 13.3. The zero-order valence-electron chi connectivity index (χ0n) is 25.5. The van der Waals surface area contributed by atoms with Crippen molar-refractivity contribution in [1.82, 2.24) is 19.9 Å². The topological polar surface area (TPSA) is 121 Å². The maximum atomic E-state index is 13.3. The predicted molar refractivity (Wildman–Crippen MR) is 156 cm³/mol. The third-order valence-corrected chi connectivity index (χ3v) is 8.87. The molecule has 2 aromatic heterocycles. The fourth-order valence-corrected chi connectivity index (χ4v) is 6.55. The molecule has 0 aromatic carbocycles. The Balaban J connectivity index is 0.00000202. The van der Waals surface area contributed by atoms with Gasteiger partial charge in [-0.25, -0.2) is 9.97 Å². The van der Waals surface area contributed by atoms with E-state index in [1.807, 2.05) is 38.1 Å². The Morgan fingerprint density at radius 2 is 1.71 bits per heavy atom. The van der Waals surface area contributed by atoms with Crippen LogP contribution in [0.4, 0.5) is 0 Å². The molecule has 0 amide bonds. The summed E-state index contributed by atoms with van der Waals surface area (Å²) < 4.78 is 0. The number of rotatable bonds is 5. The number of aliphatic carboxylic acids is 1. The minimum atomic E-state index is -1.08. The van der Waals surface area contributed by atoms with Crippen LogP contribution in [0.25, 0.3) is 45.2 Å². The Labute approximate surface area is 270 Å². The number of aryl methyl sites for hydroxylation is 1. The van der Waals surface area contributed by atoms with Crippen LogP contribution in [-0.2, 0) is 4.79 Å². The third kappa shape index (κ3) is 4.93. The molecule has 9 heteroatoms. The van der Waals surface area contributed by atoms with Crippen molar-refractivity contribution >= 4 is 51.1 Å². The van der Waals surface area contributed by atoms with Gasteiger partial charge < -0.3 is 25.0 Å². The first-order chi connectivity index (χ1) is 19.1. The molecule has 0 unspecified atom stereocenters. The fraction of sp³-hybridized carbons (Fsp3) is 0.303. The van der Waals surface area contributed by atoms with Gasteiger partial charge >= 0.3 is 37.7 Å². The molecule has 2 atom stereocenters. The number of aromatic amines is 2. The smallest absolute Gasteiger partial charge is 0.872 e. The Bertz CT molecular complexity index is 1810. The standard InChI is InChI=1S/C33H34N4O3.2Li/c1-7-19-15(3)23-12-25-17(5)21(9-10-30(39)40)32(36-25)22-11-29(38)31-18(6)26(37-33(22)31)14-28-20(8-2)16(4)24(35-28)13-27(19)34-23;;/h7,11-14,17,21,36-38H,1,8-10H2,2-6H3,(H,39,40);;/q;2*+1/p-2/t17-,21-;;/m0../s1. The summed E-state index contributed by atoms with van der Waals surface area (Å²) in [5, 5.41) is 24.8. The van der Waals surface area contributed by atoms with E-state index in [1.54, 1.807) is 6.08 Å². The number of carboxylic acid groups (broad SMARTS) is 1. The molecular formula is C33H32Li2N4O3. The van der Waals surface area contributed by atoms with E-state index in [9.17, 15) is 15.0 Å². The van der Waals surface area contributed by atoms with E-state index in [2.05, 4.69) is 37.3 Å². The SMILES string of the molecule is C=CC1=C(C)c2cc3[nH]c(c4c5[nH]c(cc6nc(cc1n2)C(C)=C6CC)c(C)c5C([O-])=C4)[C@@H](CCC(=O)[O-])[C@@H]3C.[Li+].[Li+]. The van der Waals surface area contributed by atoms with Gasteiger partial charge in [-0.05, 0) is 86.1 Å². The number of allylic oxidation sites excluding steroid dienone is 5. The van der Waals surface area contributed by atoms with E-state index >= 15 is 0 Å². The summed E-state index contributed by atoms with van der Waals surface area (Å²) in [6.07, 6.45) is 4.65. The maximum Gasteiger partial charge on any atom is 1.00 e. The average molecular weight is 547 g/mol. The molecule has 0 saturated heterocycles. The van der Waals surface area contributed by atoms with Crippen LogP contribution in [0.5, 0.6) is 0 Å². The van der Waals surface area contributed by atoms with E-state index in [0.29, 0.717) is 12.0 Å². The second-order valence-electron chi connectivity index (χ2n) is 11.0. The summed E-state index contributed by atoms with van der Waals surface area (Å²) in [6, 6.07) is 6.10. The second kappa shape index (κ2) is 11.8. The van der Waals surface area contributed by atoms with Crippen molar-refractivity contribution in [3.8, 4) is 0 Å². The monoisotopic (exact) mass is 546 g/mol. The van der Waals surface area contributed by atoms with Gasteiger partial charge in [-0.15, -0.1) is 0 Å². The van der Waals surface area contributed by atoms with Crippen molar-refractivity contribution in [2.24, 2.45) is 0 Å². The number of nitrogens with one attached hydrogen (secondary N) is 2. The van der Waals surface area contributed by atoms with Gasteiger partial charge in [0.2, 0.25) is 0 Å². The number of fused-ring (bicyclic) bond motifs is 8. The van der Waals surface area contributed by atoms with Gasteiger partial charge in [0.25, 0.3) is 0 Å². The van der Waals surface area contributed by atoms with E-state index < -0.39 is 5.97 Å². The molecule has 2 N–H and O–H groups in total. The predicted octanol–water partition coefficient (Wildman–Crippen LogP) is -0.600. The van der Waals surface area contributed by atoms with Crippen molar-refractivity contribution in [1.29, 1.82) is 0 Å². The van der Waals surface area contributed by atoms with Crippen molar-refractivity contribution in [2.45, 2.75) is 65.7 Å². The van der Waals surface area contributed by atoms with Crippen molar-refractivity contribution in [3.05, 3.63) is 81.7 Å². The van der Waals surface area contributed by atoms with Crippen molar-refractivity contribution in [2.75, 3.05) is 0 Å². The average Bonchev–Trinajstić information content (AvgIpc) is 3.65. The zero-order valence-corrected chi connectivity index (χ0v) is 25.5. The number of carbonyl (C=O) groups excluding carboxylic acids is 1. The van der Waals surface area contributed by atoms with Gasteiger partial charge in [0.05, 0.1) is 28.3 Å². The van der Waals surface area contributed by atoms with Crippen LogP contribution in [-0.4, -0.2) is 25.9 Å². The first kappa shape index (κ1) is 31.7. The van der Waals surface area contributed by atoms with Crippen molar-refractivity contribution in [3.63, 3.8) is 0 Å². The van der Waals surface area contributed by atoms with Crippen LogP contribution >= 0.6 is 0 Å². The maximum absolute atomic E-state index is 13.3. The Hall–Kier alpha value is -3.20. The summed E-state index contributed by atoms with van der Waals surface area (Å²) in [4.78, 5) is 28.6. The van der Waals surface area contributed by atoms with Gasteiger partial charge in [0.15, 0.2) is 0 Å². The van der Waals surface area contributed by atoms with Crippen LogP contribution in [0, 0.1) is 6.92 Å². The molecule has 2 aromatic rings. The minimum Gasteiger partial charge on any atom is -0.872 e. The molecule has 6 rings (SSSR count). The number of carbonyl (C=O) groups is 1. The molecule has 8 bridgehead atoms. The van der Waals surface area contributed by atoms with Crippen LogP contribution < -0.4 is 47.9 Å². The molecule has 1 aliphatic carbocycles. The van der Waals surface area contributed by atoms with Crippen LogP contribution in [0.3, 0.4) is 0 Å². The van der Waals surface area contributed by atoms with E-state index in [4.69, 9.17) is 9.97 Å². The first-order valence-corrected chi connectivity index (χ1v) is 13.8. The fourth-order valence-electron chi connectivity index (χ4n) is 6.55. The number of hydrogen-bond donors (Lipinski definition) is 2.